The minimum Gasteiger partial charge on any atom is -0.490 e. The number of hydrogen-bond acceptors (Lipinski definition) is 3. The van der Waals surface area contributed by atoms with Crippen LogP contribution in [0.2, 0.25) is 10.0 Å². The van der Waals surface area contributed by atoms with E-state index in [1.165, 1.54) is 19.2 Å². The fourth-order valence-corrected chi connectivity index (χ4v) is 3.07. The van der Waals surface area contributed by atoms with E-state index >= 15 is 0 Å². The maximum Gasteiger partial charge on any atom is 0.411 e. The number of rotatable bonds is 4. The van der Waals surface area contributed by atoms with Gasteiger partial charge in [0.15, 0.2) is 5.75 Å². The second kappa shape index (κ2) is 5.92. The normalized spacial score (nSPS) is 22.6. The third-order valence-corrected chi connectivity index (χ3v) is 5.08. The molecule has 0 radical (unpaired) electrons. The molecule has 1 aliphatic rings. The minimum absolute atomic E-state index is 0.271. The van der Waals surface area contributed by atoms with E-state index in [9.17, 15) is 4.79 Å². The fourth-order valence-electron chi connectivity index (χ4n) is 1.77. The number of methoxy groups -OCH3 is 1. The van der Waals surface area contributed by atoms with Crippen LogP contribution in [0.1, 0.15) is 13.3 Å². The molecule has 1 amide bonds. The lowest BCUT2D eigenvalue weighted by Gasteiger charge is -2.16. The Morgan fingerprint density at radius 1 is 1.33 bits per heavy atom. The fraction of sp³-hybridized carbons (Fsp3) is 0.462. The standard InChI is InChI=1S/C13H13Cl4NO3/c1-12(5-13(12,16)17)6-21-10-8(14)3-7(4-9(10)15)18-11(19)20-2/h3-4H,5-6H2,1-2H3,(H,18,19). The molecule has 0 spiro atoms. The Morgan fingerprint density at radius 2 is 1.86 bits per heavy atom. The van der Waals surface area contributed by atoms with Crippen molar-refractivity contribution in [3.63, 3.8) is 0 Å². The molecule has 8 heteroatoms. The van der Waals surface area contributed by atoms with E-state index in [-0.39, 0.29) is 15.5 Å². The number of amides is 1. The van der Waals surface area contributed by atoms with Crippen LogP contribution in [0.5, 0.6) is 5.75 Å². The Morgan fingerprint density at radius 3 is 2.29 bits per heavy atom. The lowest BCUT2D eigenvalue weighted by atomic mass is 10.2. The van der Waals surface area contributed by atoms with Crippen LogP contribution in [0.25, 0.3) is 0 Å². The number of benzene rings is 1. The van der Waals surface area contributed by atoms with Crippen LogP contribution in [0.3, 0.4) is 0 Å². The van der Waals surface area contributed by atoms with Gasteiger partial charge in [0.25, 0.3) is 0 Å². The molecule has 1 aromatic rings. The van der Waals surface area contributed by atoms with Crippen LogP contribution < -0.4 is 10.1 Å². The van der Waals surface area contributed by atoms with Crippen LogP contribution in [-0.4, -0.2) is 24.1 Å². The molecular weight excluding hydrogens is 360 g/mol. The first-order valence-corrected chi connectivity index (χ1v) is 7.54. The molecule has 0 saturated heterocycles. The van der Waals surface area contributed by atoms with Crippen LogP contribution in [0, 0.1) is 5.41 Å². The summed E-state index contributed by atoms with van der Waals surface area (Å²) in [6.45, 7) is 2.21. The first-order chi connectivity index (χ1) is 9.68. The summed E-state index contributed by atoms with van der Waals surface area (Å²) in [5.41, 5.74) is 0.0805. The summed E-state index contributed by atoms with van der Waals surface area (Å²) in [5, 5.41) is 3.01. The average molecular weight is 373 g/mol. The minimum atomic E-state index is -0.779. The summed E-state index contributed by atoms with van der Waals surface area (Å²) in [4.78, 5) is 11.1. The lowest BCUT2D eigenvalue weighted by molar-refractivity contribution is 0.187. The smallest absolute Gasteiger partial charge is 0.411 e. The number of ether oxygens (including phenoxy) is 2. The molecule has 1 unspecified atom stereocenters. The molecule has 1 aliphatic carbocycles. The summed E-state index contributed by atoms with van der Waals surface area (Å²) in [7, 11) is 1.26. The van der Waals surface area contributed by atoms with Crippen molar-refractivity contribution in [2.75, 3.05) is 19.0 Å². The van der Waals surface area contributed by atoms with Crippen molar-refractivity contribution in [2.24, 2.45) is 5.41 Å². The second-order valence-electron chi connectivity index (χ2n) is 5.12. The Balaban J connectivity index is 2.09. The van der Waals surface area contributed by atoms with Crippen molar-refractivity contribution in [1.82, 2.24) is 0 Å². The van der Waals surface area contributed by atoms with Crippen LogP contribution in [0.15, 0.2) is 12.1 Å². The Kier molecular flexibility index (Phi) is 4.74. The summed E-state index contributed by atoms with van der Waals surface area (Å²) in [6, 6.07) is 3.03. The SMILES string of the molecule is COC(=O)Nc1cc(Cl)c(OCC2(C)CC2(Cl)Cl)c(Cl)c1. The van der Waals surface area contributed by atoms with Crippen molar-refractivity contribution in [2.45, 2.75) is 17.7 Å². The topological polar surface area (TPSA) is 47.6 Å². The second-order valence-corrected chi connectivity index (χ2v) is 7.41. The molecule has 0 aromatic heterocycles. The number of alkyl halides is 2. The van der Waals surface area contributed by atoms with Crippen LogP contribution in [0.4, 0.5) is 10.5 Å². The van der Waals surface area contributed by atoms with Gasteiger partial charge in [-0.2, -0.15) is 0 Å². The highest BCUT2D eigenvalue weighted by atomic mass is 35.5. The van der Waals surface area contributed by atoms with E-state index < -0.39 is 10.4 Å². The van der Waals surface area contributed by atoms with E-state index in [1.54, 1.807) is 0 Å². The number of carbonyl (C=O) groups is 1. The quantitative estimate of drug-likeness (QED) is 0.744. The number of halogens is 4. The molecule has 1 fully saturated rings. The van der Waals surface area contributed by atoms with Crippen molar-refractivity contribution >= 4 is 58.2 Å². The van der Waals surface area contributed by atoms with Crippen molar-refractivity contribution in [3.05, 3.63) is 22.2 Å². The first kappa shape index (κ1) is 16.8. The molecule has 0 aliphatic heterocycles. The van der Waals surface area contributed by atoms with Gasteiger partial charge in [-0.25, -0.2) is 4.79 Å². The summed E-state index contributed by atoms with van der Waals surface area (Å²) in [5.74, 6) is 0.325. The predicted molar refractivity (Wildman–Crippen MR) is 85.1 cm³/mol. The number of anilines is 1. The van der Waals surface area contributed by atoms with E-state index in [1.807, 2.05) is 6.92 Å². The molecule has 1 aromatic carbocycles. The van der Waals surface area contributed by atoms with Crippen LogP contribution >= 0.6 is 46.4 Å². The van der Waals surface area contributed by atoms with Crippen LogP contribution in [-0.2, 0) is 4.74 Å². The highest BCUT2D eigenvalue weighted by molar-refractivity contribution is 6.51. The first-order valence-electron chi connectivity index (χ1n) is 6.03. The third-order valence-electron chi connectivity index (χ3n) is 3.34. The van der Waals surface area contributed by atoms with Gasteiger partial charge in [0.1, 0.15) is 4.33 Å². The van der Waals surface area contributed by atoms with Gasteiger partial charge in [0.2, 0.25) is 0 Å². The van der Waals surface area contributed by atoms with E-state index in [4.69, 9.17) is 51.1 Å². The van der Waals surface area contributed by atoms with Gasteiger partial charge in [-0.05, 0) is 18.6 Å². The van der Waals surface area contributed by atoms with Gasteiger partial charge in [0, 0.05) is 11.1 Å². The van der Waals surface area contributed by atoms with Gasteiger partial charge in [0.05, 0.1) is 23.8 Å². The average Bonchev–Trinajstić information content (AvgIpc) is 2.87. The van der Waals surface area contributed by atoms with Crippen molar-refractivity contribution in [1.29, 1.82) is 0 Å². The monoisotopic (exact) mass is 371 g/mol. The molecule has 116 valence electrons. The third kappa shape index (κ3) is 3.62. The highest BCUT2D eigenvalue weighted by Gasteiger charge is 2.63. The van der Waals surface area contributed by atoms with Gasteiger partial charge < -0.3 is 9.47 Å². The zero-order chi connectivity index (χ0) is 15.8. The molecule has 4 nitrogen and oxygen atoms in total. The number of nitrogens with one attached hydrogen (secondary N) is 1. The van der Waals surface area contributed by atoms with Crippen molar-refractivity contribution < 1.29 is 14.3 Å². The van der Waals surface area contributed by atoms with E-state index in [0.717, 1.165) is 0 Å². The maximum atomic E-state index is 11.1. The number of carbonyl (C=O) groups excluding carboxylic acids is 1. The summed E-state index contributed by atoms with van der Waals surface area (Å²) >= 11 is 24.3. The molecule has 0 heterocycles. The van der Waals surface area contributed by atoms with Gasteiger partial charge in [-0.15, -0.1) is 23.2 Å². The highest BCUT2D eigenvalue weighted by Crippen LogP contribution is 2.63. The molecule has 1 atom stereocenters. The zero-order valence-corrected chi connectivity index (χ0v) is 14.3. The van der Waals surface area contributed by atoms with E-state index in [2.05, 4.69) is 10.1 Å². The summed E-state index contributed by atoms with van der Waals surface area (Å²) in [6.07, 6.45) is 0.0238. The van der Waals surface area contributed by atoms with E-state index in [0.29, 0.717) is 24.5 Å². The van der Waals surface area contributed by atoms with Gasteiger partial charge in [-0.1, -0.05) is 30.1 Å². The molecule has 1 N–H and O–H groups in total. The summed E-state index contributed by atoms with van der Waals surface area (Å²) < 4.78 is 9.35. The number of hydrogen-bond donors (Lipinski definition) is 1. The molecule has 2 rings (SSSR count). The molecule has 0 bridgehead atoms. The van der Waals surface area contributed by atoms with Gasteiger partial charge >= 0.3 is 6.09 Å². The predicted octanol–water partition coefficient (Wildman–Crippen LogP) is 5.13. The largest absolute Gasteiger partial charge is 0.490 e. The lowest BCUT2D eigenvalue weighted by Crippen LogP contribution is -2.16. The van der Waals surface area contributed by atoms with Gasteiger partial charge in [-0.3, -0.25) is 5.32 Å². The molecular formula is C13H13Cl4NO3. The molecule has 21 heavy (non-hydrogen) atoms. The molecule has 1 saturated carbocycles. The Bertz CT molecular complexity index is 556. The Hall–Kier alpha value is -0.550. The Labute approximate surface area is 142 Å². The zero-order valence-electron chi connectivity index (χ0n) is 11.3. The maximum absolute atomic E-state index is 11.1. The van der Waals surface area contributed by atoms with Crippen molar-refractivity contribution in [3.8, 4) is 5.75 Å².